The zero-order valence-corrected chi connectivity index (χ0v) is 16.4. The van der Waals surface area contributed by atoms with Crippen LogP contribution >= 0.6 is 0 Å². The number of aromatic hydroxyl groups is 1. The molecular weight excluding hydrogens is 358 g/mol. The standard InChI is InChI=1S/C26H29NO2/c1-4-25(20-10-14-23(28)15-11-20)26(21-8-6-5-7-9-21)22-12-16-24(17-13-22)29-19-18-27(2)3/h5-17,28H,4,18-19H2,1-3H3/b26-25+/i2D3,3D3. The topological polar surface area (TPSA) is 32.7 Å². The highest BCUT2D eigenvalue weighted by atomic mass is 16.5. The van der Waals surface area contributed by atoms with Crippen LogP contribution < -0.4 is 4.74 Å². The molecule has 0 bridgehead atoms. The summed E-state index contributed by atoms with van der Waals surface area (Å²) in [6.07, 6.45) is 0.771. The van der Waals surface area contributed by atoms with Crippen molar-refractivity contribution in [2.75, 3.05) is 27.1 Å². The fraction of sp³-hybridized carbons (Fsp3) is 0.231. The number of rotatable bonds is 8. The Hall–Kier alpha value is -3.04. The van der Waals surface area contributed by atoms with Crippen LogP contribution in [0.3, 0.4) is 0 Å². The van der Waals surface area contributed by atoms with Gasteiger partial charge < -0.3 is 14.7 Å². The third kappa shape index (κ3) is 5.49. The number of hydrogen-bond acceptors (Lipinski definition) is 3. The molecule has 3 nitrogen and oxygen atoms in total. The molecule has 3 rings (SSSR count). The van der Waals surface area contributed by atoms with Gasteiger partial charge in [-0.05, 0) is 72.5 Å². The molecule has 0 amide bonds. The summed E-state index contributed by atoms with van der Waals surface area (Å²) in [5, 5.41) is 9.71. The Morgan fingerprint density at radius 3 is 2.10 bits per heavy atom. The van der Waals surface area contributed by atoms with E-state index in [9.17, 15) is 5.11 Å². The van der Waals surface area contributed by atoms with E-state index in [0.29, 0.717) is 10.6 Å². The van der Waals surface area contributed by atoms with Crippen molar-refractivity contribution >= 4 is 11.1 Å². The molecule has 0 saturated carbocycles. The lowest BCUT2D eigenvalue weighted by Gasteiger charge is -2.17. The Bertz CT molecular complexity index is 1110. The lowest BCUT2D eigenvalue weighted by molar-refractivity contribution is 0.261. The first-order chi connectivity index (χ1) is 16.5. The van der Waals surface area contributed by atoms with Gasteiger partial charge in [-0.25, -0.2) is 0 Å². The Morgan fingerprint density at radius 2 is 1.48 bits per heavy atom. The largest absolute Gasteiger partial charge is 0.508 e. The highest BCUT2D eigenvalue weighted by Crippen LogP contribution is 2.35. The van der Waals surface area contributed by atoms with Gasteiger partial charge in [0.2, 0.25) is 0 Å². The molecule has 3 heteroatoms. The van der Waals surface area contributed by atoms with Crippen LogP contribution in [0.5, 0.6) is 11.5 Å². The molecule has 0 saturated heterocycles. The molecular formula is C26H29NO2. The first kappa shape index (κ1) is 14.0. The van der Waals surface area contributed by atoms with Crippen molar-refractivity contribution < 1.29 is 18.1 Å². The van der Waals surface area contributed by atoms with Crippen molar-refractivity contribution in [2.45, 2.75) is 13.3 Å². The Balaban J connectivity index is 1.88. The highest BCUT2D eigenvalue weighted by Gasteiger charge is 2.13. The van der Waals surface area contributed by atoms with Crippen LogP contribution in [0.1, 0.15) is 38.3 Å². The van der Waals surface area contributed by atoms with Gasteiger partial charge >= 0.3 is 0 Å². The van der Waals surface area contributed by atoms with Crippen LogP contribution in [0, 0.1) is 0 Å². The van der Waals surface area contributed by atoms with E-state index in [0.717, 1.165) is 34.3 Å². The van der Waals surface area contributed by atoms with E-state index in [1.807, 2.05) is 54.6 Å². The number of likely N-dealkylation sites (N-methyl/N-ethyl adjacent to an activating group) is 1. The number of allylic oxidation sites excluding steroid dienone is 1. The van der Waals surface area contributed by atoms with Crippen molar-refractivity contribution in [3.8, 4) is 11.5 Å². The van der Waals surface area contributed by atoms with Crippen molar-refractivity contribution in [1.29, 1.82) is 0 Å². The average molecular weight is 394 g/mol. The fourth-order valence-corrected chi connectivity index (χ4v) is 3.28. The van der Waals surface area contributed by atoms with Crippen LogP contribution in [-0.4, -0.2) is 37.1 Å². The second kappa shape index (κ2) is 9.94. The van der Waals surface area contributed by atoms with Crippen LogP contribution in [0.15, 0.2) is 78.9 Å². The lowest BCUT2D eigenvalue weighted by atomic mass is 9.88. The lowest BCUT2D eigenvalue weighted by Crippen LogP contribution is -2.19. The first-order valence-corrected chi connectivity index (χ1v) is 9.59. The summed E-state index contributed by atoms with van der Waals surface area (Å²) >= 11 is 0. The monoisotopic (exact) mass is 393 g/mol. The van der Waals surface area contributed by atoms with Crippen molar-refractivity contribution in [3.05, 3.63) is 95.6 Å². The summed E-state index contributed by atoms with van der Waals surface area (Å²) in [6, 6.07) is 24.6. The van der Waals surface area contributed by atoms with Crippen LogP contribution in [0.25, 0.3) is 11.1 Å². The molecule has 0 atom stereocenters. The number of hydrogen-bond donors (Lipinski definition) is 1. The number of ether oxygens (including phenoxy) is 1. The maximum Gasteiger partial charge on any atom is 0.119 e. The third-order valence-electron chi connectivity index (χ3n) is 4.66. The van der Waals surface area contributed by atoms with E-state index in [1.54, 1.807) is 24.3 Å². The van der Waals surface area contributed by atoms with Crippen LogP contribution in [0.2, 0.25) is 0 Å². The highest BCUT2D eigenvalue weighted by molar-refractivity contribution is 5.98. The molecule has 1 N–H and O–H groups in total. The van der Waals surface area contributed by atoms with Gasteiger partial charge in [0.25, 0.3) is 0 Å². The van der Waals surface area contributed by atoms with Crippen molar-refractivity contribution in [3.63, 3.8) is 0 Å². The minimum absolute atomic E-state index is 0.0781. The summed E-state index contributed by atoms with van der Waals surface area (Å²) in [7, 11) is 0. The number of nitrogens with zero attached hydrogens (tertiary/aromatic N) is 1. The van der Waals surface area contributed by atoms with Crippen LogP contribution in [0.4, 0.5) is 0 Å². The summed E-state index contributed by atoms with van der Waals surface area (Å²) in [6.45, 7) is -3.72. The zero-order valence-electron chi connectivity index (χ0n) is 22.4. The summed E-state index contributed by atoms with van der Waals surface area (Å²) in [5.74, 6) is 0.724. The van der Waals surface area contributed by atoms with E-state index in [1.165, 1.54) is 0 Å². The SMILES string of the molecule is [2H]C([2H])([2H])N(CCOc1ccc(/C(=C(\CC)c2ccc(O)cc2)c2ccccc2)cc1)C([2H])([2H])[2H]. The summed E-state index contributed by atoms with van der Waals surface area (Å²) in [4.78, 5) is 0.482. The molecule has 0 heterocycles. The maximum atomic E-state index is 9.71. The van der Waals surface area contributed by atoms with E-state index in [-0.39, 0.29) is 18.9 Å². The Labute approximate surface area is 182 Å². The van der Waals surface area contributed by atoms with Gasteiger partial charge in [-0.3, -0.25) is 0 Å². The quantitative estimate of drug-likeness (QED) is 0.498. The van der Waals surface area contributed by atoms with Gasteiger partial charge in [0.1, 0.15) is 18.1 Å². The van der Waals surface area contributed by atoms with E-state index < -0.39 is 14.0 Å². The molecule has 0 unspecified atom stereocenters. The molecule has 0 aliphatic heterocycles. The van der Waals surface area contributed by atoms with E-state index >= 15 is 0 Å². The van der Waals surface area contributed by atoms with Gasteiger partial charge in [0.15, 0.2) is 0 Å². The molecule has 150 valence electrons. The fourth-order valence-electron chi connectivity index (χ4n) is 3.28. The van der Waals surface area contributed by atoms with Crippen LogP contribution in [-0.2, 0) is 0 Å². The van der Waals surface area contributed by atoms with E-state index in [4.69, 9.17) is 13.0 Å². The van der Waals surface area contributed by atoms with Gasteiger partial charge in [-0.2, -0.15) is 0 Å². The van der Waals surface area contributed by atoms with Gasteiger partial charge in [0, 0.05) is 14.8 Å². The zero-order chi connectivity index (χ0) is 25.6. The number of phenolic OH excluding ortho intramolecular Hbond substituents is 1. The Morgan fingerprint density at radius 1 is 0.862 bits per heavy atom. The molecule has 0 aromatic heterocycles. The normalized spacial score (nSPS) is 15.9. The predicted molar refractivity (Wildman–Crippen MR) is 121 cm³/mol. The minimum Gasteiger partial charge on any atom is -0.508 e. The third-order valence-corrected chi connectivity index (χ3v) is 4.66. The minimum atomic E-state index is -2.74. The molecule has 3 aromatic rings. The molecule has 29 heavy (non-hydrogen) atoms. The number of phenols is 1. The second-order valence-corrected chi connectivity index (χ2v) is 6.64. The molecule has 0 aliphatic carbocycles. The number of benzene rings is 3. The molecule has 0 radical (unpaired) electrons. The summed E-state index contributed by atoms with van der Waals surface area (Å²) < 4.78 is 50.4. The molecule has 0 spiro atoms. The summed E-state index contributed by atoms with van der Waals surface area (Å²) in [5.41, 5.74) is 5.22. The second-order valence-electron chi connectivity index (χ2n) is 6.64. The van der Waals surface area contributed by atoms with Gasteiger partial charge in [-0.15, -0.1) is 0 Å². The first-order valence-electron chi connectivity index (χ1n) is 12.6. The molecule has 3 aromatic carbocycles. The van der Waals surface area contributed by atoms with Crippen molar-refractivity contribution in [1.82, 2.24) is 4.90 Å². The van der Waals surface area contributed by atoms with Gasteiger partial charge in [0.05, 0.1) is 0 Å². The predicted octanol–water partition coefficient (Wildman–Crippen LogP) is 5.70. The molecule has 0 fully saturated rings. The Kier molecular flexibility index (Phi) is 4.81. The van der Waals surface area contributed by atoms with E-state index in [2.05, 4.69) is 6.92 Å². The smallest absolute Gasteiger partial charge is 0.119 e. The van der Waals surface area contributed by atoms with Crippen molar-refractivity contribution in [2.24, 2.45) is 0 Å². The van der Waals surface area contributed by atoms with Gasteiger partial charge in [-0.1, -0.05) is 61.5 Å². The maximum absolute atomic E-state index is 9.71. The molecule has 0 aliphatic rings. The average Bonchev–Trinajstić information content (AvgIpc) is 2.80.